The summed E-state index contributed by atoms with van der Waals surface area (Å²) < 4.78 is 0. The number of nitrogens with one attached hydrogen (secondary N) is 1. The molecule has 78 valence electrons. The molecule has 0 unspecified atom stereocenters. The van der Waals surface area contributed by atoms with E-state index in [1.807, 2.05) is 12.1 Å². The number of unbranched alkanes of at least 4 members (excludes halogenated alkanes) is 2. The van der Waals surface area contributed by atoms with E-state index in [2.05, 4.69) is 10.3 Å². The van der Waals surface area contributed by atoms with E-state index in [9.17, 15) is 0 Å². The predicted octanol–water partition coefficient (Wildman–Crippen LogP) is 3.56. The monoisotopic (exact) mass is 232 g/mol. The largest absolute Gasteiger partial charge is 0.369 e. The summed E-state index contributed by atoms with van der Waals surface area (Å²) >= 11 is 11.5. The van der Waals surface area contributed by atoms with E-state index in [1.54, 1.807) is 6.20 Å². The number of aromatic nitrogens is 1. The van der Waals surface area contributed by atoms with Crippen LogP contribution in [0.15, 0.2) is 18.3 Å². The molecule has 0 aliphatic rings. The molecule has 14 heavy (non-hydrogen) atoms. The maximum absolute atomic E-state index is 5.92. The third-order valence-corrected chi connectivity index (χ3v) is 2.43. The Morgan fingerprint density at radius 2 is 2.14 bits per heavy atom. The number of alkyl halides is 1. The van der Waals surface area contributed by atoms with Gasteiger partial charge in [0.1, 0.15) is 5.82 Å². The molecule has 0 fully saturated rings. The van der Waals surface area contributed by atoms with E-state index >= 15 is 0 Å². The minimum atomic E-state index is 0.671. The molecule has 0 saturated carbocycles. The van der Waals surface area contributed by atoms with Crippen molar-refractivity contribution in [1.82, 2.24) is 4.98 Å². The Bertz CT molecular complexity index is 266. The number of rotatable bonds is 6. The van der Waals surface area contributed by atoms with E-state index in [-0.39, 0.29) is 0 Å². The van der Waals surface area contributed by atoms with Gasteiger partial charge in [-0.3, -0.25) is 0 Å². The normalized spacial score (nSPS) is 10.1. The van der Waals surface area contributed by atoms with E-state index in [4.69, 9.17) is 23.2 Å². The van der Waals surface area contributed by atoms with Crippen LogP contribution in [-0.2, 0) is 0 Å². The first-order valence-corrected chi connectivity index (χ1v) is 5.66. The first-order chi connectivity index (χ1) is 6.84. The van der Waals surface area contributed by atoms with E-state index in [0.29, 0.717) is 5.02 Å². The molecule has 1 aromatic heterocycles. The summed E-state index contributed by atoms with van der Waals surface area (Å²) in [5.74, 6) is 1.50. The minimum absolute atomic E-state index is 0.671. The van der Waals surface area contributed by atoms with Crippen LogP contribution in [0.25, 0.3) is 0 Å². The lowest BCUT2D eigenvalue weighted by molar-refractivity contribution is 0.746. The SMILES string of the molecule is ClCCCCCNc1ncccc1Cl. The quantitative estimate of drug-likeness (QED) is 0.600. The Labute approximate surface area is 94.6 Å². The van der Waals surface area contributed by atoms with Crippen LogP contribution in [0, 0.1) is 0 Å². The predicted molar refractivity (Wildman–Crippen MR) is 62.3 cm³/mol. The van der Waals surface area contributed by atoms with Gasteiger partial charge in [-0.1, -0.05) is 18.0 Å². The summed E-state index contributed by atoms with van der Waals surface area (Å²) in [5.41, 5.74) is 0. The molecule has 1 aromatic rings. The fourth-order valence-corrected chi connectivity index (χ4v) is 1.50. The van der Waals surface area contributed by atoms with Crippen LogP contribution in [-0.4, -0.2) is 17.4 Å². The zero-order chi connectivity index (χ0) is 10.2. The molecule has 0 atom stereocenters. The zero-order valence-corrected chi connectivity index (χ0v) is 9.48. The fourth-order valence-electron chi connectivity index (χ4n) is 1.12. The lowest BCUT2D eigenvalue weighted by atomic mass is 10.2. The second-order valence-electron chi connectivity index (χ2n) is 3.01. The number of halogens is 2. The molecular weight excluding hydrogens is 219 g/mol. The summed E-state index contributed by atoms with van der Waals surface area (Å²) in [6.45, 7) is 0.896. The molecule has 4 heteroatoms. The molecule has 0 bridgehead atoms. The van der Waals surface area contributed by atoms with Gasteiger partial charge < -0.3 is 5.32 Å². The van der Waals surface area contributed by atoms with Gasteiger partial charge in [-0.2, -0.15) is 0 Å². The lowest BCUT2D eigenvalue weighted by Gasteiger charge is -2.05. The first-order valence-electron chi connectivity index (χ1n) is 4.75. The van der Waals surface area contributed by atoms with Gasteiger partial charge in [-0.15, -0.1) is 11.6 Å². The van der Waals surface area contributed by atoms with Crippen molar-refractivity contribution in [3.8, 4) is 0 Å². The Balaban J connectivity index is 2.21. The van der Waals surface area contributed by atoms with Gasteiger partial charge in [0.05, 0.1) is 5.02 Å². The van der Waals surface area contributed by atoms with E-state index in [0.717, 1.165) is 37.5 Å². The Hall–Kier alpha value is -0.470. The highest BCUT2D eigenvalue weighted by Crippen LogP contribution is 2.17. The molecule has 0 spiro atoms. The molecule has 0 radical (unpaired) electrons. The van der Waals surface area contributed by atoms with Crippen molar-refractivity contribution >= 4 is 29.0 Å². The highest BCUT2D eigenvalue weighted by Gasteiger charge is 1.97. The van der Waals surface area contributed by atoms with Crippen LogP contribution in [0.5, 0.6) is 0 Å². The van der Waals surface area contributed by atoms with Gasteiger partial charge in [-0.25, -0.2) is 4.98 Å². The molecule has 0 saturated heterocycles. The fraction of sp³-hybridized carbons (Fsp3) is 0.500. The summed E-state index contributed by atoms with van der Waals surface area (Å²) in [6.07, 6.45) is 5.03. The van der Waals surface area contributed by atoms with Crippen LogP contribution in [0.1, 0.15) is 19.3 Å². The molecular formula is C10H14Cl2N2. The highest BCUT2D eigenvalue weighted by molar-refractivity contribution is 6.32. The maximum atomic E-state index is 5.92. The molecule has 0 aromatic carbocycles. The minimum Gasteiger partial charge on any atom is -0.369 e. The maximum Gasteiger partial charge on any atom is 0.144 e. The summed E-state index contributed by atoms with van der Waals surface area (Å²) in [4.78, 5) is 4.13. The average Bonchev–Trinajstić information content (AvgIpc) is 2.20. The standard InChI is InChI=1S/C10H14Cl2N2/c11-6-2-1-3-7-13-10-9(12)5-4-8-14-10/h4-5,8H,1-3,6-7H2,(H,13,14). The number of nitrogens with zero attached hydrogens (tertiary/aromatic N) is 1. The van der Waals surface area contributed by atoms with Crippen molar-refractivity contribution in [3.05, 3.63) is 23.4 Å². The first kappa shape index (κ1) is 11.6. The van der Waals surface area contributed by atoms with Crippen LogP contribution in [0.2, 0.25) is 5.02 Å². The summed E-state index contributed by atoms with van der Waals surface area (Å²) in [6, 6.07) is 3.65. The number of hydrogen-bond donors (Lipinski definition) is 1. The third-order valence-electron chi connectivity index (χ3n) is 1.86. The second kappa shape index (κ2) is 6.91. The molecule has 1 rings (SSSR count). The van der Waals surface area contributed by atoms with Crippen LogP contribution < -0.4 is 5.32 Å². The van der Waals surface area contributed by atoms with Gasteiger partial charge in [0.2, 0.25) is 0 Å². The molecule has 1 N–H and O–H groups in total. The second-order valence-corrected chi connectivity index (χ2v) is 3.80. The van der Waals surface area contributed by atoms with Crippen molar-refractivity contribution in [1.29, 1.82) is 0 Å². The number of pyridine rings is 1. The highest BCUT2D eigenvalue weighted by atomic mass is 35.5. The van der Waals surface area contributed by atoms with E-state index in [1.165, 1.54) is 0 Å². The van der Waals surface area contributed by atoms with Gasteiger partial charge >= 0.3 is 0 Å². The molecule has 0 amide bonds. The van der Waals surface area contributed by atoms with Gasteiger partial charge in [0.15, 0.2) is 0 Å². The molecule has 1 heterocycles. The Kier molecular flexibility index (Phi) is 5.72. The van der Waals surface area contributed by atoms with E-state index < -0.39 is 0 Å². The van der Waals surface area contributed by atoms with Gasteiger partial charge in [0.25, 0.3) is 0 Å². The Morgan fingerprint density at radius 3 is 2.86 bits per heavy atom. The van der Waals surface area contributed by atoms with Crippen LogP contribution in [0.4, 0.5) is 5.82 Å². The smallest absolute Gasteiger partial charge is 0.144 e. The van der Waals surface area contributed by atoms with Crippen LogP contribution >= 0.6 is 23.2 Å². The van der Waals surface area contributed by atoms with Crippen molar-refractivity contribution in [2.75, 3.05) is 17.7 Å². The summed E-state index contributed by atoms with van der Waals surface area (Å²) in [7, 11) is 0. The topological polar surface area (TPSA) is 24.9 Å². The molecule has 0 aliphatic carbocycles. The van der Waals surface area contributed by atoms with Crippen molar-refractivity contribution < 1.29 is 0 Å². The van der Waals surface area contributed by atoms with Crippen molar-refractivity contribution in [2.45, 2.75) is 19.3 Å². The third kappa shape index (κ3) is 4.16. The summed E-state index contributed by atoms with van der Waals surface area (Å²) in [5, 5.41) is 3.86. The average molecular weight is 233 g/mol. The van der Waals surface area contributed by atoms with Crippen molar-refractivity contribution in [2.24, 2.45) is 0 Å². The zero-order valence-electron chi connectivity index (χ0n) is 7.97. The van der Waals surface area contributed by atoms with Crippen molar-refractivity contribution in [3.63, 3.8) is 0 Å². The Morgan fingerprint density at radius 1 is 1.29 bits per heavy atom. The molecule has 0 aliphatic heterocycles. The number of hydrogen-bond acceptors (Lipinski definition) is 2. The van der Waals surface area contributed by atoms with Gasteiger partial charge in [0, 0.05) is 18.6 Å². The number of anilines is 1. The molecule has 2 nitrogen and oxygen atoms in total. The van der Waals surface area contributed by atoms with Gasteiger partial charge in [-0.05, 0) is 25.0 Å². The van der Waals surface area contributed by atoms with Crippen LogP contribution in [0.3, 0.4) is 0 Å². The lowest BCUT2D eigenvalue weighted by Crippen LogP contribution is -2.03.